The minimum absolute atomic E-state index is 1.26. The first kappa shape index (κ1) is 8.18. The van der Waals surface area contributed by atoms with E-state index in [1.807, 2.05) is 0 Å². The van der Waals surface area contributed by atoms with Gasteiger partial charge in [0.25, 0.3) is 10.0 Å². The molecule has 1 rings (SSSR count). The van der Waals surface area contributed by atoms with Crippen LogP contribution in [0.5, 0.6) is 0 Å². The van der Waals surface area contributed by atoms with Crippen LogP contribution in [0.15, 0.2) is 17.3 Å². The van der Waals surface area contributed by atoms with Gasteiger partial charge < -0.3 is 5.32 Å². The van der Waals surface area contributed by atoms with Crippen molar-refractivity contribution >= 4 is 16.2 Å². The Balaban J connectivity index is 3.04. The van der Waals surface area contributed by atoms with Gasteiger partial charge in [0.1, 0.15) is 0 Å². The first-order valence-electron chi connectivity index (χ1n) is 2.75. The number of rotatable bonds is 1. The van der Waals surface area contributed by atoms with Crippen molar-refractivity contribution in [2.45, 2.75) is 5.12 Å². The van der Waals surface area contributed by atoms with E-state index in [4.69, 9.17) is 10.9 Å². The Morgan fingerprint density at radius 1 is 1.55 bits per heavy atom. The van der Waals surface area contributed by atoms with Gasteiger partial charge in [-0.1, -0.05) is 0 Å². The summed E-state index contributed by atoms with van der Waals surface area (Å²) < 4.78 is 21.5. The lowest BCUT2D eigenvalue weighted by molar-refractivity contribution is 0.494. The second-order valence-corrected chi connectivity index (χ2v) is 3.74. The number of sulfonamides is 1. The number of primary sulfonamides is 1. The number of aliphatic imine (C=N–C) groups is 1. The zero-order valence-corrected chi connectivity index (χ0v) is 6.38. The van der Waals surface area contributed by atoms with Crippen molar-refractivity contribution in [3.05, 3.63) is 12.3 Å². The summed E-state index contributed by atoms with van der Waals surface area (Å²) in [5.41, 5.74) is 5.26. The standard InChI is InChI=1S/C4H8N4O2S/c5-4(11(6,9)10)7-2-1-3-8-4/h1-3,7H,5H2,(H2,6,9,10). The SMILES string of the molecule is NC1(S(N)(=O)=O)N=CC=CN1. The van der Waals surface area contributed by atoms with Crippen LogP contribution in [0, 0.1) is 0 Å². The third-order valence-electron chi connectivity index (χ3n) is 1.17. The quantitative estimate of drug-likeness (QED) is 0.430. The van der Waals surface area contributed by atoms with Crippen LogP contribution in [0.2, 0.25) is 0 Å². The molecule has 0 aromatic heterocycles. The van der Waals surface area contributed by atoms with E-state index in [-0.39, 0.29) is 0 Å². The predicted molar refractivity (Wildman–Crippen MR) is 40.8 cm³/mol. The van der Waals surface area contributed by atoms with E-state index < -0.39 is 15.1 Å². The molecule has 0 aromatic carbocycles. The zero-order valence-electron chi connectivity index (χ0n) is 5.56. The van der Waals surface area contributed by atoms with Crippen molar-refractivity contribution in [3.63, 3.8) is 0 Å². The molecule has 0 spiro atoms. The van der Waals surface area contributed by atoms with E-state index in [1.165, 1.54) is 18.5 Å². The molecule has 0 aliphatic carbocycles. The van der Waals surface area contributed by atoms with Crippen LogP contribution in [-0.2, 0) is 10.0 Å². The van der Waals surface area contributed by atoms with Crippen molar-refractivity contribution < 1.29 is 8.42 Å². The molecule has 7 heteroatoms. The minimum atomic E-state index is -3.91. The molecule has 1 aliphatic rings. The van der Waals surface area contributed by atoms with Crippen LogP contribution in [0.3, 0.4) is 0 Å². The van der Waals surface area contributed by atoms with Crippen molar-refractivity contribution in [3.8, 4) is 0 Å². The van der Waals surface area contributed by atoms with Gasteiger partial charge in [0.05, 0.1) is 0 Å². The minimum Gasteiger partial charge on any atom is -0.341 e. The molecular weight excluding hydrogens is 168 g/mol. The number of hydrogen-bond acceptors (Lipinski definition) is 5. The fourth-order valence-corrected chi connectivity index (χ4v) is 0.997. The Morgan fingerprint density at radius 2 is 2.18 bits per heavy atom. The molecule has 0 saturated heterocycles. The highest BCUT2D eigenvalue weighted by molar-refractivity contribution is 7.90. The summed E-state index contributed by atoms with van der Waals surface area (Å²) in [7, 11) is -3.91. The second-order valence-electron chi connectivity index (χ2n) is 2.02. The largest absolute Gasteiger partial charge is 0.341 e. The summed E-state index contributed by atoms with van der Waals surface area (Å²) in [5, 5.41) is 5.20. The van der Waals surface area contributed by atoms with Gasteiger partial charge in [0.2, 0.25) is 0 Å². The lowest BCUT2D eigenvalue weighted by Gasteiger charge is -2.23. The first-order valence-corrected chi connectivity index (χ1v) is 4.30. The van der Waals surface area contributed by atoms with E-state index >= 15 is 0 Å². The van der Waals surface area contributed by atoms with Gasteiger partial charge in [-0.05, 0) is 6.08 Å². The molecule has 1 heterocycles. The summed E-state index contributed by atoms with van der Waals surface area (Å²) in [6.07, 6.45) is 4.13. The third-order valence-corrected chi connectivity index (χ3v) is 2.26. The Morgan fingerprint density at radius 3 is 2.45 bits per heavy atom. The maximum Gasteiger partial charge on any atom is 0.301 e. The lowest BCUT2D eigenvalue weighted by Crippen LogP contribution is -2.59. The molecule has 62 valence electrons. The smallest absolute Gasteiger partial charge is 0.301 e. The highest BCUT2D eigenvalue weighted by Gasteiger charge is 2.36. The highest BCUT2D eigenvalue weighted by Crippen LogP contribution is 2.06. The van der Waals surface area contributed by atoms with Gasteiger partial charge in [-0.15, -0.1) is 0 Å². The Hall–Kier alpha value is -0.920. The van der Waals surface area contributed by atoms with Gasteiger partial charge in [-0.2, -0.15) is 0 Å². The van der Waals surface area contributed by atoms with Gasteiger partial charge in [0, 0.05) is 12.4 Å². The van der Waals surface area contributed by atoms with Crippen molar-refractivity contribution in [2.75, 3.05) is 0 Å². The number of nitrogens with zero attached hydrogens (tertiary/aromatic N) is 1. The fourth-order valence-electron chi connectivity index (χ4n) is 0.557. The average Bonchev–Trinajstić information content (AvgIpc) is 1.87. The molecular formula is C4H8N4O2S. The van der Waals surface area contributed by atoms with E-state index in [9.17, 15) is 8.42 Å². The number of nitrogens with one attached hydrogen (secondary N) is 1. The Bertz CT molecular complexity index is 306. The van der Waals surface area contributed by atoms with E-state index in [0.29, 0.717) is 0 Å². The first-order chi connectivity index (χ1) is 4.96. The molecule has 1 aliphatic heterocycles. The monoisotopic (exact) mass is 176 g/mol. The Labute approximate surface area is 64.0 Å². The third kappa shape index (κ3) is 1.39. The van der Waals surface area contributed by atoms with E-state index in [1.54, 1.807) is 0 Å². The molecule has 1 unspecified atom stereocenters. The number of hydrogen-bond donors (Lipinski definition) is 3. The molecule has 0 saturated carbocycles. The van der Waals surface area contributed by atoms with E-state index in [2.05, 4.69) is 10.3 Å². The average molecular weight is 176 g/mol. The van der Waals surface area contributed by atoms with Crippen LogP contribution >= 0.6 is 0 Å². The summed E-state index contributed by atoms with van der Waals surface area (Å²) in [6.45, 7) is 0. The highest BCUT2D eigenvalue weighted by atomic mass is 32.2. The maximum absolute atomic E-state index is 10.8. The van der Waals surface area contributed by atoms with Crippen LogP contribution in [0.25, 0.3) is 0 Å². The van der Waals surface area contributed by atoms with Crippen molar-refractivity contribution in [2.24, 2.45) is 15.9 Å². The van der Waals surface area contributed by atoms with Crippen LogP contribution in [-0.4, -0.2) is 19.8 Å². The second kappa shape index (κ2) is 2.29. The molecule has 1 atom stereocenters. The molecule has 5 N–H and O–H groups in total. The summed E-state index contributed by atoms with van der Waals surface area (Å²) in [4.78, 5) is 3.47. The van der Waals surface area contributed by atoms with Gasteiger partial charge in [-0.3, -0.25) is 5.73 Å². The number of nitrogens with two attached hydrogens (primary N) is 2. The van der Waals surface area contributed by atoms with Gasteiger partial charge in [-0.25, -0.2) is 18.5 Å². The van der Waals surface area contributed by atoms with Gasteiger partial charge in [0.15, 0.2) is 0 Å². The summed E-state index contributed by atoms with van der Waals surface area (Å²) >= 11 is 0. The van der Waals surface area contributed by atoms with Crippen molar-refractivity contribution in [1.82, 2.24) is 5.32 Å². The lowest BCUT2D eigenvalue weighted by atomic mass is 10.6. The van der Waals surface area contributed by atoms with Crippen LogP contribution < -0.4 is 16.2 Å². The topological polar surface area (TPSA) is 111 Å². The Kier molecular flexibility index (Phi) is 1.70. The molecule has 0 bridgehead atoms. The van der Waals surface area contributed by atoms with Crippen LogP contribution in [0.1, 0.15) is 0 Å². The molecule has 0 amide bonds. The van der Waals surface area contributed by atoms with E-state index in [0.717, 1.165) is 0 Å². The fraction of sp³-hybridized carbons (Fsp3) is 0.250. The molecule has 11 heavy (non-hydrogen) atoms. The predicted octanol–water partition coefficient (Wildman–Crippen LogP) is -1.97. The zero-order chi connectivity index (χ0) is 8.54. The molecule has 0 aromatic rings. The molecule has 0 radical (unpaired) electrons. The van der Waals surface area contributed by atoms with Crippen LogP contribution in [0.4, 0.5) is 0 Å². The molecule has 0 fully saturated rings. The summed E-state index contributed by atoms with van der Waals surface area (Å²) in [6, 6.07) is 0. The van der Waals surface area contributed by atoms with Crippen molar-refractivity contribution in [1.29, 1.82) is 0 Å². The molecule has 6 nitrogen and oxygen atoms in total. The number of allylic oxidation sites excluding steroid dienone is 1. The van der Waals surface area contributed by atoms with Gasteiger partial charge >= 0.3 is 5.12 Å². The summed E-state index contributed by atoms with van der Waals surface area (Å²) in [5.74, 6) is 0. The maximum atomic E-state index is 10.8. The normalized spacial score (nSPS) is 30.0.